The average Bonchev–Trinajstić information content (AvgIpc) is 2.66. The lowest BCUT2D eigenvalue weighted by atomic mass is 9.85. The summed E-state index contributed by atoms with van der Waals surface area (Å²) in [7, 11) is 3.60. The number of anilines is 1. The number of methoxy groups -OCH3 is 1. The number of hydrogen-bond acceptors (Lipinski definition) is 3. The topological polar surface area (TPSA) is 53.1 Å². The molecule has 0 atom stereocenters. The van der Waals surface area contributed by atoms with Crippen molar-refractivity contribution < 1.29 is 4.74 Å². The molecule has 1 aromatic carbocycles. The van der Waals surface area contributed by atoms with Crippen molar-refractivity contribution in [1.82, 2.24) is 9.78 Å². The highest BCUT2D eigenvalue weighted by Gasteiger charge is 2.20. The monoisotopic (exact) mass is 259 g/mol. The second-order valence-electron chi connectivity index (χ2n) is 5.74. The smallest absolute Gasteiger partial charge is 0.146 e. The molecule has 1 heterocycles. The van der Waals surface area contributed by atoms with Crippen LogP contribution in [0.4, 0.5) is 5.82 Å². The fourth-order valence-electron chi connectivity index (χ4n) is 2.21. The number of nitrogens with two attached hydrogens (primary N) is 1. The van der Waals surface area contributed by atoms with Gasteiger partial charge in [-0.05, 0) is 23.6 Å². The molecule has 0 bridgehead atoms. The minimum atomic E-state index is 0.0193. The Morgan fingerprint density at radius 1 is 1.21 bits per heavy atom. The molecule has 0 saturated carbocycles. The fraction of sp³-hybridized carbons (Fsp3) is 0.400. The summed E-state index contributed by atoms with van der Waals surface area (Å²) in [4.78, 5) is 0. The summed E-state index contributed by atoms with van der Waals surface area (Å²) in [5, 5.41) is 4.19. The van der Waals surface area contributed by atoms with Gasteiger partial charge in [-0.3, -0.25) is 4.68 Å². The third-order valence-corrected chi connectivity index (χ3v) is 3.20. The van der Waals surface area contributed by atoms with Crippen LogP contribution in [-0.4, -0.2) is 16.9 Å². The van der Waals surface area contributed by atoms with Crippen molar-refractivity contribution in [3.8, 4) is 17.0 Å². The van der Waals surface area contributed by atoms with Gasteiger partial charge in [-0.25, -0.2) is 0 Å². The molecule has 0 aliphatic carbocycles. The molecule has 0 aliphatic rings. The molecule has 2 rings (SSSR count). The summed E-state index contributed by atoms with van der Waals surface area (Å²) < 4.78 is 7.25. The van der Waals surface area contributed by atoms with Crippen LogP contribution in [0.2, 0.25) is 0 Å². The highest BCUT2D eigenvalue weighted by atomic mass is 16.5. The third kappa shape index (κ3) is 2.57. The normalized spacial score (nSPS) is 11.6. The first kappa shape index (κ1) is 13.5. The van der Waals surface area contributed by atoms with Crippen LogP contribution in [0, 0.1) is 0 Å². The van der Waals surface area contributed by atoms with E-state index in [2.05, 4.69) is 31.9 Å². The Labute approximate surface area is 114 Å². The van der Waals surface area contributed by atoms with Crippen molar-refractivity contribution in [1.29, 1.82) is 0 Å². The number of aryl methyl sites for hydroxylation is 1. The van der Waals surface area contributed by atoms with Crippen LogP contribution in [0.3, 0.4) is 0 Å². The zero-order chi connectivity index (χ0) is 14.2. The van der Waals surface area contributed by atoms with Gasteiger partial charge in [-0.15, -0.1) is 0 Å². The van der Waals surface area contributed by atoms with Crippen LogP contribution in [0.15, 0.2) is 24.3 Å². The second-order valence-corrected chi connectivity index (χ2v) is 5.74. The zero-order valence-corrected chi connectivity index (χ0v) is 12.2. The average molecular weight is 259 g/mol. The van der Waals surface area contributed by atoms with E-state index < -0.39 is 0 Å². The van der Waals surface area contributed by atoms with Gasteiger partial charge in [-0.1, -0.05) is 20.8 Å². The van der Waals surface area contributed by atoms with E-state index in [0.29, 0.717) is 5.82 Å². The highest BCUT2D eigenvalue weighted by Crippen LogP contribution is 2.35. The number of rotatable bonds is 2. The van der Waals surface area contributed by atoms with E-state index in [1.54, 1.807) is 11.8 Å². The summed E-state index contributed by atoms with van der Waals surface area (Å²) in [6.07, 6.45) is 0. The molecule has 0 spiro atoms. The van der Waals surface area contributed by atoms with E-state index in [9.17, 15) is 0 Å². The van der Waals surface area contributed by atoms with Crippen molar-refractivity contribution in [3.05, 3.63) is 29.8 Å². The molecule has 4 nitrogen and oxygen atoms in total. The SMILES string of the molecule is COc1ccc(-c2cc(N)nn2C)cc1C(C)(C)C. The lowest BCUT2D eigenvalue weighted by Gasteiger charge is -2.23. The number of nitrogens with zero attached hydrogens (tertiary/aromatic N) is 2. The molecule has 0 amide bonds. The molecule has 2 N–H and O–H groups in total. The second kappa shape index (κ2) is 4.61. The van der Waals surface area contributed by atoms with Gasteiger partial charge in [0.1, 0.15) is 11.6 Å². The minimum Gasteiger partial charge on any atom is -0.496 e. The minimum absolute atomic E-state index is 0.0193. The summed E-state index contributed by atoms with van der Waals surface area (Å²) in [6.45, 7) is 6.52. The van der Waals surface area contributed by atoms with Crippen LogP contribution >= 0.6 is 0 Å². The van der Waals surface area contributed by atoms with Crippen LogP contribution in [0.1, 0.15) is 26.3 Å². The summed E-state index contributed by atoms with van der Waals surface area (Å²) in [5.74, 6) is 1.44. The Balaban J connectivity index is 2.58. The molecule has 4 heteroatoms. The predicted octanol–water partition coefficient (Wildman–Crippen LogP) is 2.98. The molecular weight excluding hydrogens is 238 g/mol. The molecule has 0 fully saturated rings. The van der Waals surface area contributed by atoms with E-state index in [0.717, 1.165) is 17.0 Å². The van der Waals surface area contributed by atoms with E-state index in [1.165, 1.54) is 5.56 Å². The van der Waals surface area contributed by atoms with Gasteiger partial charge in [0.05, 0.1) is 12.8 Å². The Hall–Kier alpha value is -1.97. The zero-order valence-electron chi connectivity index (χ0n) is 12.2. The Bertz CT molecular complexity index is 594. The van der Waals surface area contributed by atoms with Gasteiger partial charge in [0.15, 0.2) is 0 Å². The van der Waals surface area contributed by atoms with E-state index in [-0.39, 0.29) is 5.41 Å². The maximum Gasteiger partial charge on any atom is 0.146 e. The van der Waals surface area contributed by atoms with Gasteiger partial charge < -0.3 is 10.5 Å². The molecule has 1 aromatic heterocycles. The van der Waals surface area contributed by atoms with Crippen molar-refractivity contribution >= 4 is 5.82 Å². The summed E-state index contributed by atoms with van der Waals surface area (Å²) in [6, 6.07) is 8.06. The lowest BCUT2D eigenvalue weighted by molar-refractivity contribution is 0.397. The Kier molecular flexibility index (Phi) is 3.27. The first-order valence-electron chi connectivity index (χ1n) is 6.31. The Morgan fingerprint density at radius 2 is 1.89 bits per heavy atom. The van der Waals surface area contributed by atoms with Gasteiger partial charge in [0.2, 0.25) is 0 Å². The first-order valence-corrected chi connectivity index (χ1v) is 6.31. The van der Waals surface area contributed by atoms with Crippen LogP contribution in [0.5, 0.6) is 5.75 Å². The molecule has 2 aromatic rings. The van der Waals surface area contributed by atoms with Crippen molar-refractivity contribution in [2.45, 2.75) is 26.2 Å². The quantitative estimate of drug-likeness (QED) is 0.902. The number of nitrogen functional groups attached to an aromatic ring is 1. The number of aromatic nitrogens is 2. The van der Waals surface area contributed by atoms with Crippen molar-refractivity contribution in [2.75, 3.05) is 12.8 Å². The first-order chi connectivity index (χ1) is 8.82. The van der Waals surface area contributed by atoms with Crippen LogP contribution < -0.4 is 10.5 Å². The van der Waals surface area contributed by atoms with E-state index in [1.807, 2.05) is 25.2 Å². The van der Waals surface area contributed by atoms with Gasteiger partial charge >= 0.3 is 0 Å². The van der Waals surface area contributed by atoms with E-state index >= 15 is 0 Å². The fourth-order valence-corrected chi connectivity index (χ4v) is 2.21. The number of ether oxygens (including phenoxy) is 1. The molecule has 102 valence electrons. The van der Waals surface area contributed by atoms with Gasteiger partial charge in [0.25, 0.3) is 0 Å². The molecule has 0 aliphatic heterocycles. The highest BCUT2D eigenvalue weighted by molar-refractivity contribution is 5.65. The maximum atomic E-state index is 5.74. The number of benzene rings is 1. The third-order valence-electron chi connectivity index (χ3n) is 3.20. The summed E-state index contributed by atoms with van der Waals surface area (Å²) in [5.41, 5.74) is 9.03. The largest absolute Gasteiger partial charge is 0.496 e. The summed E-state index contributed by atoms with van der Waals surface area (Å²) >= 11 is 0. The maximum absolute atomic E-state index is 5.74. The van der Waals surface area contributed by atoms with Gasteiger partial charge in [-0.2, -0.15) is 5.10 Å². The van der Waals surface area contributed by atoms with Crippen molar-refractivity contribution in [3.63, 3.8) is 0 Å². The predicted molar refractivity (Wildman–Crippen MR) is 78.3 cm³/mol. The van der Waals surface area contributed by atoms with Crippen molar-refractivity contribution in [2.24, 2.45) is 7.05 Å². The molecule has 0 saturated heterocycles. The molecule has 0 unspecified atom stereocenters. The molecule has 19 heavy (non-hydrogen) atoms. The van der Waals surface area contributed by atoms with Crippen LogP contribution in [-0.2, 0) is 12.5 Å². The van der Waals surface area contributed by atoms with E-state index in [4.69, 9.17) is 10.5 Å². The Morgan fingerprint density at radius 3 is 2.37 bits per heavy atom. The molecule has 0 radical (unpaired) electrons. The van der Waals surface area contributed by atoms with Gasteiger partial charge in [0, 0.05) is 24.2 Å². The lowest BCUT2D eigenvalue weighted by Crippen LogP contribution is -2.13. The number of hydrogen-bond donors (Lipinski definition) is 1. The molecular formula is C15H21N3O. The standard InChI is InChI=1S/C15H21N3O/c1-15(2,3)11-8-10(6-7-13(11)19-5)12-9-14(16)17-18(12)4/h6-9H,1-5H3,(H2,16,17). The van der Waals surface area contributed by atoms with Crippen LogP contribution in [0.25, 0.3) is 11.3 Å².